The van der Waals surface area contributed by atoms with Crippen LogP contribution >= 0.6 is 22.9 Å². The molecule has 2 amide bonds. The van der Waals surface area contributed by atoms with Gasteiger partial charge in [0.2, 0.25) is 0 Å². The number of carbonyl (C=O) groups is 1. The van der Waals surface area contributed by atoms with Crippen LogP contribution in [-0.2, 0) is 0 Å². The van der Waals surface area contributed by atoms with Crippen LogP contribution in [0, 0.1) is 6.92 Å². The van der Waals surface area contributed by atoms with Crippen LogP contribution in [0.25, 0.3) is 0 Å². The number of nitrogens with one attached hydrogen (secondary N) is 2. The third-order valence-electron chi connectivity index (χ3n) is 2.76. The minimum atomic E-state index is -0.216. The van der Waals surface area contributed by atoms with Crippen molar-refractivity contribution in [2.45, 2.75) is 19.9 Å². The monoisotopic (exact) mass is 294 g/mol. The van der Waals surface area contributed by atoms with E-state index in [1.165, 1.54) is 11.3 Å². The van der Waals surface area contributed by atoms with Gasteiger partial charge in [-0.25, -0.2) is 4.79 Å². The molecule has 0 aliphatic heterocycles. The standard InChI is InChI=1S/C14H15ClN2OS/c1-9-5-3-4-6-11(9)17-14(18)16-10(2)12-7-8-13(15)19-12/h3-8,10H,1-2H3,(H2,16,17,18). The summed E-state index contributed by atoms with van der Waals surface area (Å²) >= 11 is 7.35. The Hall–Kier alpha value is -1.52. The highest BCUT2D eigenvalue weighted by atomic mass is 35.5. The van der Waals surface area contributed by atoms with Crippen LogP contribution in [-0.4, -0.2) is 6.03 Å². The molecule has 1 atom stereocenters. The van der Waals surface area contributed by atoms with Gasteiger partial charge in [0.05, 0.1) is 10.4 Å². The lowest BCUT2D eigenvalue weighted by Gasteiger charge is -2.14. The van der Waals surface area contributed by atoms with Crippen molar-refractivity contribution in [1.82, 2.24) is 5.32 Å². The lowest BCUT2D eigenvalue weighted by molar-refractivity contribution is 0.249. The zero-order valence-corrected chi connectivity index (χ0v) is 12.3. The highest BCUT2D eigenvalue weighted by molar-refractivity contribution is 7.16. The molecule has 0 aliphatic carbocycles. The van der Waals surface area contributed by atoms with Crippen molar-refractivity contribution in [2.24, 2.45) is 0 Å². The Balaban J connectivity index is 1.96. The number of halogens is 1. The SMILES string of the molecule is Cc1ccccc1NC(=O)NC(C)c1ccc(Cl)s1. The Labute approximate surface area is 121 Å². The van der Waals surface area contributed by atoms with E-state index in [0.717, 1.165) is 20.5 Å². The third-order valence-corrected chi connectivity index (χ3v) is 4.18. The third kappa shape index (κ3) is 3.72. The van der Waals surface area contributed by atoms with E-state index < -0.39 is 0 Å². The highest BCUT2D eigenvalue weighted by Gasteiger charge is 2.12. The van der Waals surface area contributed by atoms with Gasteiger partial charge in [-0.15, -0.1) is 11.3 Å². The van der Waals surface area contributed by atoms with Crippen LogP contribution in [0.15, 0.2) is 36.4 Å². The van der Waals surface area contributed by atoms with Gasteiger partial charge in [0, 0.05) is 10.6 Å². The van der Waals surface area contributed by atoms with Gasteiger partial charge in [-0.05, 0) is 37.6 Å². The summed E-state index contributed by atoms with van der Waals surface area (Å²) in [5.41, 5.74) is 1.85. The number of anilines is 1. The van der Waals surface area contributed by atoms with Crippen LogP contribution < -0.4 is 10.6 Å². The molecule has 3 nitrogen and oxygen atoms in total. The number of hydrogen-bond acceptors (Lipinski definition) is 2. The second kappa shape index (κ2) is 6.08. The summed E-state index contributed by atoms with van der Waals surface area (Å²) in [6, 6.07) is 11.1. The first-order chi connectivity index (χ1) is 9.06. The lowest BCUT2D eigenvalue weighted by atomic mass is 10.2. The molecule has 2 N–H and O–H groups in total. The van der Waals surface area contributed by atoms with Crippen LogP contribution in [0.2, 0.25) is 4.34 Å². The summed E-state index contributed by atoms with van der Waals surface area (Å²) in [5.74, 6) is 0. The largest absolute Gasteiger partial charge is 0.331 e. The number of hydrogen-bond donors (Lipinski definition) is 2. The highest BCUT2D eigenvalue weighted by Crippen LogP contribution is 2.26. The van der Waals surface area contributed by atoms with Gasteiger partial charge in [-0.3, -0.25) is 0 Å². The molecule has 2 aromatic rings. The number of rotatable bonds is 3. The minimum absolute atomic E-state index is 0.0680. The average molecular weight is 295 g/mol. The molecule has 19 heavy (non-hydrogen) atoms. The van der Waals surface area contributed by atoms with Crippen LogP contribution in [0.5, 0.6) is 0 Å². The van der Waals surface area contributed by atoms with Crippen molar-refractivity contribution in [2.75, 3.05) is 5.32 Å². The molecule has 0 fully saturated rings. The fourth-order valence-corrected chi connectivity index (χ4v) is 2.76. The first kappa shape index (κ1) is 13.9. The number of benzene rings is 1. The van der Waals surface area contributed by atoms with Gasteiger partial charge >= 0.3 is 6.03 Å². The molecule has 0 saturated heterocycles. The topological polar surface area (TPSA) is 41.1 Å². The summed E-state index contributed by atoms with van der Waals surface area (Å²) in [5, 5.41) is 5.73. The van der Waals surface area contributed by atoms with Gasteiger partial charge in [0.1, 0.15) is 0 Å². The van der Waals surface area contributed by atoms with Crippen molar-refractivity contribution in [1.29, 1.82) is 0 Å². The van der Waals surface area contributed by atoms with Crippen molar-refractivity contribution >= 4 is 34.7 Å². The van der Waals surface area contributed by atoms with E-state index in [9.17, 15) is 4.79 Å². The summed E-state index contributed by atoms with van der Waals surface area (Å²) in [4.78, 5) is 12.9. The minimum Gasteiger partial charge on any atom is -0.331 e. The lowest BCUT2D eigenvalue weighted by Crippen LogP contribution is -2.30. The summed E-state index contributed by atoms with van der Waals surface area (Å²) in [7, 11) is 0. The van der Waals surface area contributed by atoms with Crippen molar-refractivity contribution in [3.63, 3.8) is 0 Å². The van der Waals surface area contributed by atoms with E-state index in [-0.39, 0.29) is 12.1 Å². The molecule has 0 aliphatic rings. The van der Waals surface area contributed by atoms with E-state index in [0.29, 0.717) is 0 Å². The quantitative estimate of drug-likeness (QED) is 0.854. The number of thiophene rings is 1. The molecule has 1 heterocycles. The van der Waals surface area contributed by atoms with Gasteiger partial charge in [0.15, 0.2) is 0 Å². The number of amides is 2. The summed E-state index contributed by atoms with van der Waals surface area (Å²) in [6.07, 6.45) is 0. The molecule has 5 heteroatoms. The maximum Gasteiger partial charge on any atom is 0.319 e. The smallest absolute Gasteiger partial charge is 0.319 e. The Kier molecular flexibility index (Phi) is 4.45. The first-order valence-electron chi connectivity index (χ1n) is 5.94. The second-order valence-electron chi connectivity index (χ2n) is 4.28. The van der Waals surface area contributed by atoms with Gasteiger partial charge in [0.25, 0.3) is 0 Å². The van der Waals surface area contributed by atoms with Gasteiger partial charge in [-0.1, -0.05) is 29.8 Å². The summed E-state index contributed by atoms with van der Waals surface area (Å²) < 4.78 is 0.725. The van der Waals surface area contributed by atoms with E-state index in [1.807, 2.05) is 50.2 Å². The maximum absolute atomic E-state index is 11.9. The van der Waals surface area contributed by atoms with E-state index in [2.05, 4.69) is 10.6 Å². The van der Waals surface area contributed by atoms with E-state index >= 15 is 0 Å². The van der Waals surface area contributed by atoms with E-state index in [4.69, 9.17) is 11.6 Å². The fraction of sp³-hybridized carbons (Fsp3) is 0.214. The fourth-order valence-electron chi connectivity index (χ4n) is 1.70. The molecule has 1 unspecified atom stereocenters. The molecule has 0 radical (unpaired) electrons. The molecular weight excluding hydrogens is 280 g/mol. The molecule has 1 aromatic carbocycles. The molecule has 2 rings (SSSR count). The maximum atomic E-state index is 11.9. The molecule has 0 bridgehead atoms. The number of carbonyl (C=O) groups excluding carboxylic acids is 1. The molecule has 1 aromatic heterocycles. The van der Waals surface area contributed by atoms with Crippen LogP contribution in [0.4, 0.5) is 10.5 Å². The number of para-hydroxylation sites is 1. The predicted octanol–water partition coefficient (Wildman–Crippen LogP) is 4.59. The van der Waals surface area contributed by atoms with Gasteiger partial charge in [-0.2, -0.15) is 0 Å². The molecule has 0 spiro atoms. The Bertz CT molecular complexity index is 582. The zero-order chi connectivity index (χ0) is 13.8. The van der Waals surface area contributed by atoms with Crippen molar-refractivity contribution in [3.05, 3.63) is 51.2 Å². The average Bonchev–Trinajstić information content (AvgIpc) is 2.79. The molecule has 0 saturated carbocycles. The van der Waals surface area contributed by atoms with Crippen molar-refractivity contribution in [3.8, 4) is 0 Å². The zero-order valence-electron chi connectivity index (χ0n) is 10.7. The van der Waals surface area contributed by atoms with Crippen LogP contribution in [0.1, 0.15) is 23.4 Å². The Morgan fingerprint density at radius 1 is 1.26 bits per heavy atom. The van der Waals surface area contributed by atoms with Gasteiger partial charge < -0.3 is 10.6 Å². The van der Waals surface area contributed by atoms with Crippen molar-refractivity contribution < 1.29 is 4.79 Å². The molecule has 100 valence electrons. The first-order valence-corrected chi connectivity index (χ1v) is 7.14. The molecular formula is C14H15ClN2OS. The predicted molar refractivity (Wildman–Crippen MR) is 81.1 cm³/mol. The number of aryl methyl sites for hydroxylation is 1. The second-order valence-corrected chi connectivity index (χ2v) is 6.02. The Morgan fingerprint density at radius 3 is 2.63 bits per heavy atom. The normalized spacial score (nSPS) is 11.9. The Morgan fingerprint density at radius 2 is 2.00 bits per heavy atom. The van der Waals surface area contributed by atoms with E-state index in [1.54, 1.807) is 0 Å². The number of urea groups is 1. The summed E-state index contributed by atoms with van der Waals surface area (Å²) in [6.45, 7) is 3.89. The van der Waals surface area contributed by atoms with Crippen LogP contribution in [0.3, 0.4) is 0 Å².